The maximum atomic E-state index is 13.9. The Morgan fingerprint density at radius 1 is 0.660 bits per heavy atom. The molecule has 17 nitrogen and oxygen atoms in total. The average Bonchev–Trinajstić information content (AvgIpc) is 3.07. The van der Waals surface area contributed by atoms with Gasteiger partial charge in [-0.15, -0.1) is 0 Å². The van der Waals surface area contributed by atoms with Gasteiger partial charge in [-0.25, -0.2) is 0 Å². The highest BCUT2D eigenvalue weighted by Gasteiger charge is 2.47. The van der Waals surface area contributed by atoms with Gasteiger partial charge < -0.3 is 74.5 Å². The minimum atomic E-state index is -2.12. The van der Waals surface area contributed by atoms with E-state index in [-0.39, 0.29) is 11.3 Å². The maximum Gasteiger partial charge on any atom is 0.208 e. The lowest BCUT2D eigenvalue weighted by molar-refractivity contribution is -0.232. The Balaban J connectivity index is 1.65. The van der Waals surface area contributed by atoms with Crippen LogP contribution in [0.5, 0.6) is 46.0 Å². The summed E-state index contributed by atoms with van der Waals surface area (Å²) in [6.45, 7) is -0.916. The van der Waals surface area contributed by atoms with E-state index < -0.39 is 143 Å². The zero-order valence-electron chi connectivity index (χ0n) is 25.3. The number of hydrogen-bond donors (Lipinski definition) is 11. The number of fused-ring (bicyclic) bond motifs is 4. The summed E-state index contributed by atoms with van der Waals surface area (Å²) in [6.07, 6.45) is -9.58. The molecular formula is C33H26O17. The second-order valence-electron chi connectivity index (χ2n) is 11.7. The SMILES string of the molecule is COc1cc(O)c2c(=O)c3c(O)c(-c4c(O)c([C@@H]5O[C@H](CO)[C@@H](O)[C@H](O)[C@H]5O)c(O)c5c(=O)c6cc(O)c(O)cc6oc45)cc(O)c3oc2c1. The van der Waals surface area contributed by atoms with E-state index in [1.807, 2.05) is 0 Å². The van der Waals surface area contributed by atoms with Crippen LogP contribution in [0.25, 0.3) is 55.0 Å². The van der Waals surface area contributed by atoms with Crippen LogP contribution in [0.1, 0.15) is 11.7 Å². The number of methoxy groups -OCH3 is 1. The Kier molecular flexibility index (Phi) is 7.35. The summed E-state index contributed by atoms with van der Waals surface area (Å²) in [5.74, 6) is -6.09. The van der Waals surface area contributed by atoms with Crippen molar-refractivity contribution in [3.05, 3.63) is 56.3 Å². The molecule has 5 atom stereocenters. The highest BCUT2D eigenvalue weighted by atomic mass is 16.5. The largest absolute Gasteiger partial charge is 0.507 e. The molecule has 4 aromatic carbocycles. The van der Waals surface area contributed by atoms with Crippen LogP contribution in [0.4, 0.5) is 0 Å². The summed E-state index contributed by atoms with van der Waals surface area (Å²) in [6, 6.07) is 4.77. The fourth-order valence-corrected chi connectivity index (χ4v) is 6.34. The number of benzene rings is 4. The van der Waals surface area contributed by atoms with E-state index in [4.69, 9.17) is 18.3 Å². The van der Waals surface area contributed by atoms with Crippen LogP contribution >= 0.6 is 0 Å². The first-order valence-electron chi connectivity index (χ1n) is 14.6. The van der Waals surface area contributed by atoms with Crippen LogP contribution in [-0.4, -0.2) is 94.3 Å². The van der Waals surface area contributed by atoms with Gasteiger partial charge in [-0.3, -0.25) is 9.59 Å². The fourth-order valence-electron chi connectivity index (χ4n) is 6.34. The van der Waals surface area contributed by atoms with Crippen molar-refractivity contribution >= 4 is 43.9 Å². The molecule has 0 radical (unpaired) electrons. The van der Waals surface area contributed by atoms with Crippen molar-refractivity contribution in [1.29, 1.82) is 0 Å². The van der Waals surface area contributed by atoms with Gasteiger partial charge in [0.2, 0.25) is 10.9 Å². The number of rotatable bonds is 4. The van der Waals surface area contributed by atoms with E-state index in [2.05, 4.69) is 0 Å². The van der Waals surface area contributed by atoms with Crippen LogP contribution in [-0.2, 0) is 4.74 Å². The zero-order valence-corrected chi connectivity index (χ0v) is 25.3. The molecule has 0 amide bonds. The van der Waals surface area contributed by atoms with Crippen molar-refractivity contribution in [1.82, 2.24) is 0 Å². The highest BCUT2D eigenvalue weighted by molar-refractivity contribution is 6.09. The molecule has 50 heavy (non-hydrogen) atoms. The van der Waals surface area contributed by atoms with E-state index in [0.29, 0.717) is 0 Å². The Morgan fingerprint density at radius 3 is 2.00 bits per heavy atom. The first-order valence-corrected chi connectivity index (χ1v) is 14.6. The number of phenols is 7. The minimum absolute atomic E-state index is 0.0839. The summed E-state index contributed by atoms with van der Waals surface area (Å²) < 4.78 is 22.1. The normalized spacial score (nSPS) is 21.0. The number of aliphatic hydroxyl groups is 4. The zero-order chi connectivity index (χ0) is 36.1. The third-order valence-electron chi connectivity index (χ3n) is 8.83. The third-order valence-corrected chi connectivity index (χ3v) is 8.83. The van der Waals surface area contributed by atoms with Crippen molar-refractivity contribution in [2.45, 2.75) is 30.5 Å². The molecule has 1 fully saturated rings. The standard InChI is InChI=1S/C33H26O17/c1-47-8-2-13(37)19-16(3-8)49-31-14(38)5-10(24(40)20(31)27(19)43)18-26(42)22(33-30(46)29(45)25(41)17(7-34)50-33)28(44)21-23(39)9-4-11(35)12(36)6-15(9)48-32(18)21/h2-6,17,25,29-30,33-38,40-42,44-46H,7H2,1H3/t17-,25-,29+,30-,33+/m1/s1. The molecule has 3 heterocycles. The topological polar surface area (TPSA) is 301 Å². The molecule has 11 N–H and O–H groups in total. The summed E-state index contributed by atoms with van der Waals surface area (Å²) in [5.41, 5.74) is -6.32. The minimum Gasteiger partial charge on any atom is -0.507 e. The van der Waals surface area contributed by atoms with Crippen molar-refractivity contribution in [3.8, 4) is 57.1 Å². The van der Waals surface area contributed by atoms with Crippen molar-refractivity contribution < 1.29 is 74.5 Å². The second kappa shape index (κ2) is 11.3. The number of ether oxygens (including phenoxy) is 2. The van der Waals surface area contributed by atoms with Gasteiger partial charge in [-0.05, 0) is 12.1 Å². The quantitative estimate of drug-likeness (QED) is 0.0704. The monoisotopic (exact) mass is 694 g/mol. The number of phenolic OH excluding ortho intramolecular Hbond substituents is 7. The Morgan fingerprint density at radius 2 is 1.32 bits per heavy atom. The molecule has 1 saturated heterocycles. The van der Waals surface area contributed by atoms with Crippen molar-refractivity contribution in [3.63, 3.8) is 0 Å². The van der Waals surface area contributed by atoms with Gasteiger partial charge >= 0.3 is 0 Å². The van der Waals surface area contributed by atoms with Crippen LogP contribution in [0.2, 0.25) is 0 Å². The van der Waals surface area contributed by atoms with Gasteiger partial charge in [0.1, 0.15) is 86.6 Å². The molecule has 1 aliphatic rings. The van der Waals surface area contributed by atoms with Gasteiger partial charge in [0.15, 0.2) is 28.4 Å². The molecule has 0 aliphatic carbocycles. The predicted molar refractivity (Wildman–Crippen MR) is 170 cm³/mol. The Bertz CT molecular complexity index is 2530. The number of aromatic hydroxyl groups is 7. The summed E-state index contributed by atoms with van der Waals surface area (Å²) in [5, 5.41) is 116. The Labute approximate surface area is 276 Å². The third kappa shape index (κ3) is 4.45. The molecule has 0 saturated carbocycles. The van der Waals surface area contributed by atoms with Crippen LogP contribution in [0, 0.1) is 0 Å². The van der Waals surface area contributed by atoms with Crippen LogP contribution < -0.4 is 15.6 Å². The average molecular weight is 695 g/mol. The molecule has 17 heteroatoms. The molecule has 6 aromatic rings. The molecule has 0 unspecified atom stereocenters. The van der Waals surface area contributed by atoms with E-state index >= 15 is 0 Å². The first kappa shape index (κ1) is 32.6. The predicted octanol–water partition coefficient (Wildman–Crippen LogP) is 1.34. The molecule has 260 valence electrons. The van der Waals surface area contributed by atoms with Crippen molar-refractivity contribution in [2.75, 3.05) is 13.7 Å². The maximum absolute atomic E-state index is 13.9. The van der Waals surface area contributed by atoms with E-state index in [1.165, 1.54) is 13.2 Å². The molecule has 0 bridgehead atoms. The molecular weight excluding hydrogens is 668 g/mol. The molecule has 7 rings (SSSR count). The summed E-state index contributed by atoms with van der Waals surface area (Å²) in [7, 11) is 1.29. The lowest BCUT2D eigenvalue weighted by atomic mass is 9.86. The van der Waals surface area contributed by atoms with Crippen LogP contribution in [0.15, 0.2) is 48.8 Å². The van der Waals surface area contributed by atoms with E-state index in [1.54, 1.807) is 0 Å². The molecule has 2 aromatic heterocycles. The van der Waals surface area contributed by atoms with Gasteiger partial charge in [-0.2, -0.15) is 0 Å². The lowest BCUT2D eigenvalue weighted by Crippen LogP contribution is -2.55. The van der Waals surface area contributed by atoms with Gasteiger partial charge in [-0.1, -0.05) is 0 Å². The van der Waals surface area contributed by atoms with Crippen molar-refractivity contribution in [2.24, 2.45) is 0 Å². The fraction of sp³-hybridized carbons (Fsp3) is 0.212. The van der Waals surface area contributed by atoms with Gasteiger partial charge in [0.25, 0.3) is 0 Å². The summed E-state index contributed by atoms with van der Waals surface area (Å²) >= 11 is 0. The summed E-state index contributed by atoms with van der Waals surface area (Å²) in [4.78, 5) is 27.7. The smallest absolute Gasteiger partial charge is 0.208 e. The second-order valence-corrected chi connectivity index (χ2v) is 11.7. The molecule has 1 aliphatic heterocycles. The van der Waals surface area contributed by atoms with Gasteiger partial charge in [0, 0.05) is 23.8 Å². The first-order chi connectivity index (χ1) is 23.7. The van der Waals surface area contributed by atoms with E-state index in [9.17, 15) is 65.8 Å². The number of hydrogen-bond acceptors (Lipinski definition) is 17. The highest BCUT2D eigenvalue weighted by Crippen LogP contribution is 2.53. The van der Waals surface area contributed by atoms with Crippen LogP contribution in [0.3, 0.4) is 0 Å². The molecule has 0 spiro atoms. The Hall–Kier alpha value is -5.98. The number of aliphatic hydroxyl groups excluding tert-OH is 4. The van der Waals surface area contributed by atoms with Gasteiger partial charge in [0.05, 0.1) is 30.2 Å². The lowest BCUT2D eigenvalue weighted by Gasteiger charge is -2.40. The van der Waals surface area contributed by atoms with E-state index in [0.717, 1.165) is 24.3 Å².